The molecular formula is C73H89FN14O26. The molecule has 41 heteroatoms. The Morgan fingerprint density at radius 3 is 1.27 bits per heavy atom. The minimum atomic E-state index is -2.04. The topological polar surface area (TPSA) is 641 Å². The Kier molecular flexibility index (Phi) is 37.0. The van der Waals surface area contributed by atoms with Crippen molar-refractivity contribution in [1.29, 1.82) is 0 Å². The fourth-order valence-corrected chi connectivity index (χ4v) is 11.2. The SMILES string of the molecule is CC(=O)N[C@@H](Cc1ccccc1)C(=O)N[C@@H](Cc1ccccc1)C(=O)N[C@@H](CO)C(=O)N[C@@H](CO)C(=O)N[C@@H](CCC(=O)O)C(=O)N[C@@H](CCC(=O)O)C(=O)NCC(=O)N[C@@H](Cc1cccc(C(=O)O)c1)C(=O)NCC(=O)N[C@@H](Cc1c[nH]c2ccc(F)cc12)C(=O)NCCCC[C@H](NC(=O)N[C@@H](CCC(=O)O)C(=O)O)C(=O)O. The van der Waals surface area contributed by atoms with Crippen LogP contribution in [0.1, 0.15) is 97.3 Å². The second-order valence-corrected chi connectivity index (χ2v) is 25.9. The number of H-pyrrole nitrogens is 1. The van der Waals surface area contributed by atoms with Gasteiger partial charge in [-0.05, 0) is 91.1 Å². The van der Waals surface area contributed by atoms with Crippen LogP contribution in [0.2, 0.25) is 0 Å². The molecule has 614 valence electrons. The molecule has 0 spiro atoms. The molecule has 4 aromatic carbocycles. The number of urea groups is 1. The van der Waals surface area contributed by atoms with Crippen LogP contribution >= 0.6 is 0 Å². The van der Waals surface area contributed by atoms with Crippen molar-refractivity contribution >= 4 is 118 Å². The lowest BCUT2D eigenvalue weighted by Crippen LogP contribution is -2.61. The van der Waals surface area contributed by atoms with Gasteiger partial charge in [0, 0.05) is 75.5 Å². The number of carboxylic acids is 6. The smallest absolute Gasteiger partial charge is 0.335 e. The van der Waals surface area contributed by atoms with Gasteiger partial charge in [-0.3, -0.25) is 67.1 Å². The molecule has 0 unspecified atom stereocenters. The molecule has 0 saturated heterocycles. The summed E-state index contributed by atoms with van der Waals surface area (Å²) in [4.78, 5) is 237. The van der Waals surface area contributed by atoms with E-state index < -0.39 is 244 Å². The first kappa shape index (κ1) is 91.1. The van der Waals surface area contributed by atoms with Crippen LogP contribution in [-0.2, 0) is 102 Å². The summed E-state index contributed by atoms with van der Waals surface area (Å²) in [7, 11) is 0. The lowest BCUT2D eigenvalue weighted by atomic mass is 10.0. The maximum Gasteiger partial charge on any atom is 0.335 e. The van der Waals surface area contributed by atoms with E-state index in [-0.39, 0.29) is 56.2 Å². The number of unbranched alkanes of at least 4 members (excludes halogenated alkanes) is 1. The molecule has 0 aliphatic rings. The first-order valence-corrected chi connectivity index (χ1v) is 35.4. The number of aliphatic carboxylic acids is 5. The number of halogens is 1. The third-order valence-electron chi connectivity index (χ3n) is 17.1. The summed E-state index contributed by atoms with van der Waals surface area (Å²) < 4.78 is 14.5. The molecule has 40 nitrogen and oxygen atoms in total. The molecule has 22 N–H and O–H groups in total. The monoisotopic (exact) mass is 1600 g/mol. The van der Waals surface area contributed by atoms with Gasteiger partial charge in [0.2, 0.25) is 65.0 Å². The van der Waals surface area contributed by atoms with E-state index in [1.807, 2.05) is 5.32 Å². The molecule has 0 saturated carbocycles. The number of benzene rings is 4. The van der Waals surface area contributed by atoms with Crippen LogP contribution in [0.5, 0.6) is 0 Å². The van der Waals surface area contributed by atoms with Gasteiger partial charge in [-0.1, -0.05) is 72.8 Å². The maximum atomic E-state index is 14.5. The van der Waals surface area contributed by atoms with Crippen LogP contribution in [0.25, 0.3) is 10.9 Å². The van der Waals surface area contributed by atoms with Crippen molar-refractivity contribution in [3.05, 3.63) is 143 Å². The number of aliphatic hydroxyl groups excluding tert-OH is 2. The number of nitrogens with one attached hydrogen (secondary N) is 14. The van der Waals surface area contributed by atoms with E-state index >= 15 is 0 Å². The van der Waals surface area contributed by atoms with E-state index in [2.05, 4.69) is 68.8 Å². The van der Waals surface area contributed by atoms with Gasteiger partial charge in [0.1, 0.15) is 66.2 Å². The standard InChI is InChI=1S/C73H89FN14O26/c1-38(91)79-52(28-39-11-4-2-5-12-39)66(104)84-53(29-40-13-6-3-7-14-40)67(105)85-56(37-90)69(107)86-55(36-89)68(106)83-48(21-24-60(96)97)65(103)82-47(20-23-59(94)95)62(100)77-34-57(92)80-51(30-41-15-10-16-42(27-41)70(108)109)64(102)78-35-58(93)81-54(31-43-33-76-46-19-18-44(74)32-45(43)46)63(101)75-26-9-8-17-49(71(110)111)87-73(114)88-50(72(112)113)22-25-61(98)99/h2-7,10-16,18-19,27,32-33,47-56,76,89-90H,8-9,17,20-26,28-31,34-37H2,1H3,(H,75,101)(H,77,100)(H,78,102)(H,79,91)(H,80,92)(H,81,93)(H,82,103)(H,83,106)(H,84,104)(H,85,105)(H,86,107)(H,94,95)(H,96,97)(H,98,99)(H,108,109)(H,110,111)(H,112,113)(H2,87,88,114)/t47-,48-,49-,50-,51-,52-,53-,54-,55-,56-/m0/s1. The van der Waals surface area contributed by atoms with E-state index in [1.54, 1.807) is 60.7 Å². The van der Waals surface area contributed by atoms with E-state index in [9.17, 15) is 126 Å². The quantitative estimate of drug-likeness (QED) is 0.0168. The number of carboxylic acid groups (broad SMARTS) is 6. The zero-order chi connectivity index (χ0) is 84.1. The van der Waals surface area contributed by atoms with Crippen LogP contribution in [0.3, 0.4) is 0 Å². The highest BCUT2D eigenvalue weighted by Crippen LogP contribution is 2.22. The molecule has 0 aliphatic heterocycles. The molecule has 0 bridgehead atoms. The fourth-order valence-electron chi connectivity index (χ4n) is 11.2. The minimum absolute atomic E-state index is 0.00543. The minimum Gasteiger partial charge on any atom is -0.481 e. The van der Waals surface area contributed by atoms with Crippen molar-refractivity contribution in [3.8, 4) is 0 Å². The van der Waals surface area contributed by atoms with Crippen LogP contribution in [0.15, 0.2) is 109 Å². The number of aliphatic hydroxyl groups is 2. The zero-order valence-corrected chi connectivity index (χ0v) is 61.2. The Morgan fingerprint density at radius 1 is 0.386 bits per heavy atom. The van der Waals surface area contributed by atoms with Gasteiger partial charge >= 0.3 is 41.8 Å². The summed E-state index contributed by atoms with van der Waals surface area (Å²) in [5.41, 5.74) is 1.76. The second kappa shape index (κ2) is 46.3. The summed E-state index contributed by atoms with van der Waals surface area (Å²) in [6.45, 7) is -3.42. The number of hydrogen-bond donors (Lipinski definition) is 22. The van der Waals surface area contributed by atoms with Gasteiger partial charge in [0.15, 0.2) is 0 Å². The summed E-state index contributed by atoms with van der Waals surface area (Å²) in [6, 6.07) is 7.25. The van der Waals surface area contributed by atoms with Crippen molar-refractivity contribution in [2.75, 3.05) is 32.8 Å². The van der Waals surface area contributed by atoms with Crippen molar-refractivity contribution in [2.24, 2.45) is 0 Å². The normalized spacial score (nSPS) is 13.5. The van der Waals surface area contributed by atoms with Gasteiger partial charge in [-0.15, -0.1) is 0 Å². The van der Waals surface area contributed by atoms with Crippen LogP contribution in [-0.4, -0.2) is 246 Å². The number of aromatic nitrogens is 1. The van der Waals surface area contributed by atoms with E-state index in [0.717, 1.165) is 18.2 Å². The number of hydrogen-bond acceptors (Lipinski definition) is 20. The van der Waals surface area contributed by atoms with Gasteiger partial charge in [0.25, 0.3) is 0 Å². The third-order valence-corrected chi connectivity index (χ3v) is 17.1. The lowest BCUT2D eigenvalue weighted by Gasteiger charge is -2.26. The highest BCUT2D eigenvalue weighted by atomic mass is 19.1. The molecule has 13 amide bonds. The van der Waals surface area contributed by atoms with Gasteiger partial charge in [-0.25, -0.2) is 23.6 Å². The van der Waals surface area contributed by atoms with E-state index in [4.69, 9.17) is 5.11 Å². The number of aromatic carboxylic acids is 1. The molecule has 1 heterocycles. The predicted molar refractivity (Wildman–Crippen MR) is 393 cm³/mol. The Balaban J connectivity index is 1.26. The average Bonchev–Trinajstić information content (AvgIpc) is 1.66. The molecule has 0 radical (unpaired) electrons. The summed E-state index contributed by atoms with van der Waals surface area (Å²) in [6.07, 6.45) is -4.18. The Morgan fingerprint density at radius 2 is 0.789 bits per heavy atom. The van der Waals surface area contributed by atoms with Crippen molar-refractivity contribution in [1.82, 2.24) is 74.1 Å². The van der Waals surface area contributed by atoms with Gasteiger partial charge in [0.05, 0.1) is 31.9 Å². The highest BCUT2D eigenvalue weighted by Gasteiger charge is 2.36. The van der Waals surface area contributed by atoms with Crippen LogP contribution < -0.4 is 69.1 Å². The third kappa shape index (κ3) is 31.9. The van der Waals surface area contributed by atoms with Crippen molar-refractivity contribution in [3.63, 3.8) is 0 Å². The molecule has 1 aromatic heterocycles. The number of amides is 13. The fraction of sp³-hybridized carbons (Fsp3) is 0.397. The Labute approximate surface area is 647 Å². The van der Waals surface area contributed by atoms with Gasteiger partial charge < -0.3 is 115 Å². The number of fused-ring (bicyclic) bond motifs is 1. The highest BCUT2D eigenvalue weighted by molar-refractivity contribution is 5.99. The number of carbonyl (C=O) groups excluding carboxylic acids is 12. The molecule has 5 aromatic rings. The van der Waals surface area contributed by atoms with E-state index in [0.29, 0.717) is 27.6 Å². The first-order chi connectivity index (χ1) is 54.1. The molecule has 0 aliphatic carbocycles. The molecule has 10 atom stereocenters. The van der Waals surface area contributed by atoms with Crippen molar-refractivity contribution < 1.29 is 132 Å². The summed E-state index contributed by atoms with van der Waals surface area (Å²) >= 11 is 0. The molecule has 114 heavy (non-hydrogen) atoms. The Bertz CT molecular complexity index is 4280. The number of rotatable bonds is 49. The number of aromatic amines is 1. The molecular weight excluding hydrogens is 1510 g/mol. The molecule has 5 rings (SSSR count). The summed E-state index contributed by atoms with van der Waals surface area (Å²) in [5, 5.41) is 108. The second-order valence-electron chi connectivity index (χ2n) is 25.9. The summed E-state index contributed by atoms with van der Waals surface area (Å²) in [5.74, 6) is -21.6. The number of carbonyl (C=O) groups is 18. The Hall–Kier alpha value is -13.5. The maximum absolute atomic E-state index is 14.5. The largest absolute Gasteiger partial charge is 0.481 e. The lowest BCUT2D eigenvalue weighted by molar-refractivity contribution is -0.141. The zero-order valence-electron chi connectivity index (χ0n) is 61.2. The predicted octanol–water partition coefficient (Wildman–Crippen LogP) is -3.52. The first-order valence-electron chi connectivity index (χ1n) is 35.4. The van der Waals surface area contributed by atoms with Crippen LogP contribution in [0.4, 0.5) is 9.18 Å². The van der Waals surface area contributed by atoms with Crippen molar-refractivity contribution in [2.45, 2.75) is 151 Å². The van der Waals surface area contributed by atoms with Gasteiger partial charge in [-0.2, -0.15) is 0 Å². The van der Waals surface area contributed by atoms with Crippen LogP contribution in [0, 0.1) is 5.82 Å². The van der Waals surface area contributed by atoms with E-state index in [1.165, 1.54) is 37.4 Å². The average molecular weight is 1600 g/mol. The molecule has 0 fully saturated rings.